The van der Waals surface area contributed by atoms with Gasteiger partial charge in [-0.25, -0.2) is 4.79 Å². The number of amides is 2. The molecule has 2 amide bonds. The molecule has 0 aliphatic carbocycles. The number of carbonyl (C=O) groups is 1. The van der Waals surface area contributed by atoms with Gasteiger partial charge in [-0.1, -0.05) is 32.0 Å². The molecule has 0 saturated carbocycles. The van der Waals surface area contributed by atoms with Crippen molar-refractivity contribution >= 4 is 16.8 Å². The van der Waals surface area contributed by atoms with E-state index in [0.717, 1.165) is 22.1 Å². The van der Waals surface area contributed by atoms with E-state index < -0.39 is 0 Å². The maximum Gasteiger partial charge on any atom is 0.315 e. The second-order valence-corrected chi connectivity index (χ2v) is 5.50. The molecule has 0 atom stereocenters. The fraction of sp³-hybridized carbons (Fsp3) is 0.353. The Morgan fingerprint density at radius 3 is 2.52 bits per heavy atom. The third-order valence-electron chi connectivity index (χ3n) is 3.24. The van der Waals surface area contributed by atoms with Gasteiger partial charge in [0, 0.05) is 13.1 Å². The maximum atomic E-state index is 11.6. The lowest BCUT2D eigenvalue weighted by molar-refractivity contribution is 0.239. The molecule has 0 spiro atoms. The first-order chi connectivity index (χ1) is 10.1. The molecule has 4 heteroatoms. The quantitative estimate of drug-likeness (QED) is 0.886. The molecule has 2 aromatic rings. The number of benzene rings is 2. The molecular weight excluding hydrogens is 264 g/mol. The highest BCUT2D eigenvalue weighted by Gasteiger charge is 2.03. The summed E-state index contributed by atoms with van der Waals surface area (Å²) in [5, 5.41) is 7.97. The number of urea groups is 1. The summed E-state index contributed by atoms with van der Waals surface area (Å²) >= 11 is 0. The van der Waals surface area contributed by atoms with Gasteiger partial charge in [-0.05, 0) is 40.5 Å². The Kier molecular flexibility index (Phi) is 5.04. The maximum absolute atomic E-state index is 11.6. The largest absolute Gasteiger partial charge is 0.497 e. The summed E-state index contributed by atoms with van der Waals surface area (Å²) in [5.74, 6) is 1.30. The lowest BCUT2D eigenvalue weighted by Crippen LogP contribution is -2.36. The van der Waals surface area contributed by atoms with Crippen molar-refractivity contribution in [3.8, 4) is 5.75 Å². The molecule has 112 valence electrons. The van der Waals surface area contributed by atoms with Crippen LogP contribution in [0.1, 0.15) is 19.4 Å². The number of nitrogens with one attached hydrogen (secondary N) is 2. The van der Waals surface area contributed by atoms with Gasteiger partial charge in [0.25, 0.3) is 0 Å². The van der Waals surface area contributed by atoms with Crippen molar-refractivity contribution < 1.29 is 9.53 Å². The van der Waals surface area contributed by atoms with Gasteiger partial charge in [0.1, 0.15) is 5.75 Å². The lowest BCUT2D eigenvalue weighted by atomic mass is 10.1. The number of methoxy groups -OCH3 is 1. The van der Waals surface area contributed by atoms with Crippen LogP contribution in [0.5, 0.6) is 5.75 Å². The van der Waals surface area contributed by atoms with Crippen molar-refractivity contribution in [2.45, 2.75) is 20.4 Å². The van der Waals surface area contributed by atoms with E-state index in [1.54, 1.807) is 7.11 Å². The van der Waals surface area contributed by atoms with E-state index in [2.05, 4.69) is 30.5 Å². The first-order valence-electron chi connectivity index (χ1n) is 7.17. The monoisotopic (exact) mass is 286 g/mol. The average molecular weight is 286 g/mol. The zero-order valence-corrected chi connectivity index (χ0v) is 12.8. The number of hydrogen-bond donors (Lipinski definition) is 2. The molecule has 0 unspecified atom stereocenters. The molecule has 21 heavy (non-hydrogen) atoms. The third kappa shape index (κ3) is 4.38. The zero-order chi connectivity index (χ0) is 15.2. The van der Waals surface area contributed by atoms with Crippen LogP contribution in [-0.4, -0.2) is 19.7 Å². The van der Waals surface area contributed by atoms with E-state index in [-0.39, 0.29) is 6.03 Å². The summed E-state index contributed by atoms with van der Waals surface area (Å²) in [6.45, 7) is 5.34. The molecule has 2 aromatic carbocycles. The molecule has 0 saturated heterocycles. The molecule has 0 radical (unpaired) electrons. The van der Waals surface area contributed by atoms with Crippen molar-refractivity contribution in [3.63, 3.8) is 0 Å². The molecule has 4 nitrogen and oxygen atoms in total. The van der Waals surface area contributed by atoms with Crippen LogP contribution in [-0.2, 0) is 6.54 Å². The lowest BCUT2D eigenvalue weighted by Gasteiger charge is -2.10. The van der Waals surface area contributed by atoms with Gasteiger partial charge in [0.2, 0.25) is 0 Å². The predicted molar refractivity (Wildman–Crippen MR) is 85.6 cm³/mol. The Labute approximate surface area is 125 Å². The minimum absolute atomic E-state index is 0.126. The zero-order valence-electron chi connectivity index (χ0n) is 12.8. The van der Waals surface area contributed by atoms with Crippen LogP contribution in [0.15, 0.2) is 36.4 Å². The van der Waals surface area contributed by atoms with Crippen molar-refractivity contribution in [2.24, 2.45) is 5.92 Å². The minimum atomic E-state index is -0.126. The number of hydrogen-bond acceptors (Lipinski definition) is 2. The number of fused-ring (bicyclic) bond motifs is 1. The Morgan fingerprint density at radius 2 is 1.81 bits per heavy atom. The Morgan fingerprint density at radius 1 is 1.10 bits per heavy atom. The fourth-order valence-electron chi connectivity index (χ4n) is 2.05. The summed E-state index contributed by atoms with van der Waals surface area (Å²) in [4.78, 5) is 11.6. The van der Waals surface area contributed by atoms with Gasteiger partial charge in [0.15, 0.2) is 0 Å². The van der Waals surface area contributed by atoms with Gasteiger partial charge < -0.3 is 15.4 Å². The summed E-state index contributed by atoms with van der Waals surface area (Å²) in [6.07, 6.45) is 0. The predicted octanol–water partition coefficient (Wildman–Crippen LogP) is 3.30. The summed E-state index contributed by atoms with van der Waals surface area (Å²) in [5.41, 5.74) is 1.08. The average Bonchev–Trinajstić information content (AvgIpc) is 2.50. The van der Waals surface area contributed by atoms with Crippen molar-refractivity contribution in [1.82, 2.24) is 10.6 Å². The Balaban J connectivity index is 1.98. The van der Waals surface area contributed by atoms with E-state index in [1.165, 1.54) is 0 Å². The minimum Gasteiger partial charge on any atom is -0.497 e. The summed E-state index contributed by atoms with van der Waals surface area (Å²) in [6, 6.07) is 12.0. The molecule has 0 aliphatic heterocycles. The topological polar surface area (TPSA) is 50.4 Å². The van der Waals surface area contributed by atoms with Crippen molar-refractivity contribution in [1.29, 1.82) is 0 Å². The van der Waals surface area contributed by atoms with Crippen LogP contribution in [0.2, 0.25) is 0 Å². The highest BCUT2D eigenvalue weighted by Crippen LogP contribution is 2.21. The molecule has 0 aliphatic rings. The molecule has 0 fully saturated rings. The number of carbonyl (C=O) groups excluding carboxylic acids is 1. The molecule has 0 heterocycles. The molecule has 2 N–H and O–H groups in total. The van der Waals surface area contributed by atoms with Gasteiger partial charge in [-0.3, -0.25) is 0 Å². The van der Waals surface area contributed by atoms with E-state index in [0.29, 0.717) is 19.0 Å². The van der Waals surface area contributed by atoms with Crippen LogP contribution < -0.4 is 15.4 Å². The first-order valence-corrected chi connectivity index (χ1v) is 7.17. The van der Waals surface area contributed by atoms with E-state index in [4.69, 9.17) is 4.74 Å². The Bertz CT molecular complexity index is 623. The molecule has 0 aromatic heterocycles. The van der Waals surface area contributed by atoms with Crippen LogP contribution in [0.25, 0.3) is 10.8 Å². The van der Waals surface area contributed by atoms with E-state index in [9.17, 15) is 4.79 Å². The Hall–Kier alpha value is -2.23. The highest BCUT2D eigenvalue weighted by molar-refractivity contribution is 5.84. The normalized spacial score (nSPS) is 10.7. The van der Waals surface area contributed by atoms with Gasteiger partial charge in [0.05, 0.1) is 7.11 Å². The first kappa shape index (κ1) is 15.2. The van der Waals surface area contributed by atoms with Crippen LogP contribution >= 0.6 is 0 Å². The van der Waals surface area contributed by atoms with Gasteiger partial charge in [-0.2, -0.15) is 0 Å². The second-order valence-electron chi connectivity index (χ2n) is 5.50. The summed E-state index contributed by atoms with van der Waals surface area (Å²) in [7, 11) is 1.66. The number of rotatable bonds is 5. The number of ether oxygens (including phenoxy) is 1. The highest BCUT2D eigenvalue weighted by atomic mass is 16.5. The second kappa shape index (κ2) is 6.97. The SMILES string of the molecule is COc1ccc2cc(CNC(=O)NCC(C)C)ccc2c1. The molecule has 0 bridgehead atoms. The standard InChI is InChI=1S/C17H22N2O2/c1-12(2)10-18-17(20)19-11-13-4-5-15-9-16(21-3)7-6-14(15)8-13/h4-9,12H,10-11H2,1-3H3,(H2,18,19,20). The fourth-order valence-corrected chi connectivity index (χ4v) is 2.05. The third-order valence-corrected chi connectivity index (χ3v) is 3.24. The van der Waals surface area contributed by atoms with Crippen LogP contribution in [0.3, 0.4) is 0 Å². The molecular formula is C17H22N2O2. The van der Waals surface area contributed by atoms with E-state index in [1.807, 2.05) is 30.3 Å². The van der Waals surface area contributed by atoms with E-state index >= 15 is 0 Å². The molecule has 2 rings (SSSR count). The van der Waals surface area contributed by atoms with Gasteiger partial charge >= 0.3 is 6.03 Å². The smallest absolute Gasteiger partial charge is 0.315 e. The van der Waals surface area contributed by atoms with Crippen molar-refractivity contribution in [2.75, 3.05) is 13.7 Å². The van der Waals surface area contributed by atoms with Crippen molar-refractivity contribution in [3.05, 3.63) is 42.0 Å². The van der Waals surface area contributed by atoms with Gasteiger partial charge in [-0.15, -0.1) is 0 Å². The van der Waals surface area contributed by atoms with Crippen LogP contribution in [0, 0.1) is 5.92 Å². The van der Waals surface area contributed by atoms with Crippen LogP contribution in [0.4, 0.5) is 4.79 Å². The summed E-state index contributed by atoms with van der Waals surface area (Å²) < 4.78 is 5.21.